The van der Waals surface area contributed by atoms with Gasteiger partial charge in [-0.2, -0.15) is 0 Å². The Morgan fingerprint density at radius 2 is 2.16 bits per heavy atom. The summed E-state index contributed by atoms with van der Waals surface area (Å²) >= 11 is 0. The smallest absolute Gasteiger partial charge is 0.257 e. The Morgan fingerprint density at radius 3 is 2.88 bits per heavy atom. The van der Waals surface area contributed by atoms with Crippen LogP contribution in [0.15, 0.2) is 41.6 Å². The number of rotatable bonds is 7. The largest absolute Gasteiger partial charge is 0.379 e. The van der Waals surface area contributed by atoms with Crippen LogP contribution in [0.4, 0.5) is 0 Å². The van der Waals surface area contributed by atoms with Gasteiger partial charge in [0, 0.05) is 13.0 Å². The summed E-state index contributed by atoms with van der Waals surface area (Å²) in [6, 6.07) is 9.44. The number of aromatic amines is 1. The molecule has 0 saturated carbocycles. The molecule has 2 N–H and O–H groups in total. The molecule has 0 bridgehead atoms. The lowest BCUT2D eigenvalue weighted by molar-refractivity contribution is -0.0711. The van der Waals surface area contributed by atoms with E-state index in [2.05, 4.69) is 14.7 Å². The van der Waals surface area contributed by atoms with E-state index in [0.29, 0.717) is 38.5 Å². The van der Waals surface area contributed by atoms with Gasteiger partial charge in [-0.3, -0.25) is 0 Å². The second-order valence-electron chi connectivity index (χ2n) is 5.97. The summed E-state index contributed by atoms with van der Waals surface area (Å²) in [6.45, 7) is 3.19. The number of nitrogens with one attached hydrogen (secondary N) is 2. The number of ether oxygens (including phenoxy) is 2. The first kappa shape index (κ1) is 18.1. The summed E-state index contributed by atoms with van der Waals surface area (Å²) in [5, 5.41) is 0.0812. The van der Waals surface area contributed by atoms with Crippen LogP contribution in [0.1, 0.15) is 24.7 Å². The maximum absolute atomic E-state index is 12.6. The summed E-state index contributed by atoms with van der Waals surface area (Å²) in [7, 11) is -3.67. The predicted molar refractivity (Wildman–Crippen MR) is 92.5 cm³/mol. The summed E-state index contributed by atoms with van der Waals surface area (Å²) in [5.74, 6) is 0.643. The van der Waals surface area contributed by atoms with Crippen molar-refractivity contribution in [1.29, 1.82) is 0 Å². The second-order valence-corrected chi connectivity index (χ2v) is 7.66. The van der Waals surface area contributed by atoms with Gasteiger partial charge >= 0.3 is 0 Å². The third-order valence-corrected chi connectivity index (χ3v) is 5.55. The molecule has 7 nitrogen and oxygen atoms in total. The third kappa shape index (κ3) is 4.66. The highest BCUT2D eigenvalue weighted by Crippen LogP contribution is 2.17. The van der Waals surface area contributed by atoms with E-state index in [-0.39, 0.29) is 17.2 Å². The molecule has 0 radical (unpaired) electrons. The fourth-order valence-electron chi connectivity index (χ4n) is 2.71. The molecule has 1 saturated heterocycles. The van der Waals surface area contributed by atoms with Crippen LogP contribution in [0, 0.1) is 0 Å². The van der Waals surface area contributed by atoms with E-state index in [1.807, 2.05) is 37.3 Å². The number of imidazole rings is 1. The monoisotopic (exact) mass is 365 g/mol. The van der Waals surface area contributed by atoms with Gasteiger partial charge in [0.05, 0.1) is 31.6 Å². The minimum Gasteiger partial charge on any atom is -0.379 e. The molecular formula is C17H23N3O4S. The summed E-state index contributed by atoms with van der Waals surface area (Å²) in [6.07, 6.45) is 2.22. The molecule has 2 aromatic rings. The van der Waals surface area contributed by atoms with E-state index < -0.39 is 10.0 Å². The number of aromatic nitrogens is 2. The van der Waals surface area contributed by atoms with Gasteiger partial charge in [0.1, 0.15) is 5.82 Å². The van der Waals surface area contributed by atoms with Crippen molar-refractivity contribution in [2.45, 2.75) is 43.5 Å². The number of hydrogen-bond donors (Lipinski definition) is 2. The SMILES string of the molecule is CCc1ncc(S(=O)(=O)N[C@@H]2CCOC[C@H]2OCc2ccccc2)[nH]1. The predicted octanol–water partition coefficient (Wildman–Crippen LogP) is 1.62. The van der Waals surface area contributed by atoms with Crippen LogP contribution in [0.5, 0.6) is 0 Å². The highest BCUT2D eigenvalue weighted by molar-refractivity contribution is 7.89. The van der Waals surface area contributed by atoms with E-state index in [1.165, 1.54) is 6.20 Å². The number of benzene rings is 1. The van der Waals surface area contributed by atoms with E-state index in [4.69, 9.17) is 9.47 Å². The fraction of sp³-hybridized carbons (Fsp3) is 0.471. The standard InChI is InChI=1S/C17H23N3O4S/c1-2-16-18-10-17(19-16)25(21,22)20-14-8-9-23-12-15(14)24-11-13-6-4-3-5-7-13/h3-7,10,14-15,20H,2,8-9,11-12H2,1H3,(H,18,19)/t14-,15-/m1/s1. The maximum atomic E-state index is 12.6. The summed E-state index contributed by atoms with van der Waals surface area (Å²) in [4.78, 5) is 6.89. The molecule has 1 fully saturated rings. The first-order valence-corrected chi connectivity index (χ1v) is 9.86. The topological polar surface area (TPSA) is 93.3 Å². The Kier molecular flexibility index (Phi) is 5.85. The molecule has 2 heterocycles. The molecule has 8 heteroatoms. The molecule has 25 heavy (non-hydrogen) atoms. The average Bonchev–Trinajstić information content (AvgIpc) is 3.12. The minimum atomic E-state index is -3.67. The van der Waals surface area contributed by atoms with Crippen molar-refractivity contribution in [3.05, 3.63) is 47.9 Å². The molecule has 1 aliphatic heterocycles. The number of hydrogen-bond acceptors (Lipinski definition) is 5. The number of H-pyrrole nitrogens is 1. The summed E-state index contributed by atoms with van der Waals surface area (Å²) < 4.78 is 39.2. The van der Waals surface area contributed by atoms with Gasteiger partial charge in [0.2, 0.25) is 0 Å². The number of sulfonamides is 1. The molecule has 136 valence electrons. The molecule has 0 aliphatic carbocycles. The zero-order chi connectivity index (χ0) is 17.7. The van der Waals surface area contributed by atoms with Crippen molar-refractivity contribution in [2.24, 2.45) is 0 Å². The van der Waals surface area contributed by atoms with Crippen LogP contribution in [-0.2, 0) is 32.5 Å². The van der Waals surface area contributed by atoms with Crippen LogP contribution < -0.4 is 4.72 Å². The Bertz CT molecular complexity index is 776. The molecular weight excluding hydrogens is 342 g/mol. The van der Waals surface area contributed by atoms with Crippen LogP contribution in [-0.4, -0.2) is 43.7 Å². The molecule has 0 amide bonds. The molecule has 1 aromatic carbocycles. The second kappa shape index (κ2) is 8.09. The zero-order valence-electron chi connectivity index (χ0n) is 14.1. The minimum absolute atomic E-state index is 0.0812. The van der Waals surface area contributed by atoms with E-state index in [0.717, 1.165) is 5.56 Å². The van der Waals surface area contributed by atoms with Crippen LogP contribution >= 0.6 is 0 Å². The van der Waals surface area contributed by atoms with Gasteiger partial charge in [-0.05, 0) is 12.0 Å². The van der Waals surface area contributed by atoms with Crippen LogP contribution in [0.2, 0.25) is 0 Å². The van der Waals surface area contributed by atoms with Gasteiger partial charge in [0.15, 0.2) is 5.03 Å². The van der Waals surface area contributed by atoms with Gasteiger partial charge in [-0.25, -0.2) is 18.1 Å². The molecule has 3 rings (SSSR count). The highest BCUT2D eigenvalue weighted by atomic mass is 32.2. The van der Waals surface area contributed by atoms with E-state index in [9.17, 15) is 8.42 Å². The van der Waals surface area contributed by atoms with Gasteiger partial charge < -0.3 is 14.5 Å². The number of nitrogens with zero attached hydrogens (tertiary/aromatic N) is 1. The van der Waals surface area contributed by atoms with Crippen molar-refractivity contribution in [3.63, 3.8) is 0 Å². The lowest BCUT2D eigenvalue weighted by atomic mass is 10.1. The average molecular weight is 365 g/mol. The van der Waals surface area contributed by atoms with Crippen LogP contribution in [0.25, 0.3) is 0 Å². The summed E-state index contributed by atoms with van der Waals surface area (Å²) in [5.41, 5.74) is 1.04. The van der Waals surface area contributed by atoms with Gasteiger partial charge in [0.25, 0.3) is 10.0 Å². The lowest BCUT2D eigenvalue weighted by Crippen LogP contribution is -2.49. The first-order chi connectivity index (χ1) is 12.1. The molecule has 2 atom stereocenters. The Morgan fingerprint density at radius 1 is 1.36 bits per heavy atom. The normalized spacial score (nSPS) is 21.3. The zero-order valence-corrected chi connectivity index (χ0v) is 15.0. The number of aryl methyl sites for hydroxylation is 1. The van der Waals surface area contributed by atoms with Crippen molar-refractivity contribution in [1.82, 2.24) is 14.7 Å². The maximum Gasteiger partial charge on any atom is 0.257 e. The lowest BCUT2D eigenvalue weighted by Gasteiger charge is -2.31. The Labute approximate surface area is 147 Å². The van der Waals surface area contributed by atoms with Crippen molar-refractivity contribution in [2.75, 3.05) is 13.2 Å². The van der Waals surface area contributed by atoms with E-state index in [1.54, 1.807) is 0 Å². The Balaban J connectivity index is 1.66. The Hall–Kier alpha value is -1.74. The van der Waals surface area contributed by atoms with Crippen molar-refractivity contribution < 1.29 is 17.9 Å². The van der Waals surface area contributed by atoms with Crippen molar-refractivity contribution >= 4 is 10.0 Å². The van der Waals surface area contributed by atoms with Gasteiger partial charge in [-0.15, -0.1) is 0 Å². The quantitative estimate of drug-likeness (QED) is 0.778. The van der Waals surface area contributed by atoms with Crippen LogP contribution in [0.3, 0.4) is 0 Å². The van der Waals surface area contributed by atoms with Gasteiger partial charge in [-0.1, -0.05) is 37.3 Å². The van der Waals surface area contributed by atoms with Crippen molar-refractivity contribution in [3.8, 4) is 0 Å². The molecule has 0 unspecified atom stereocenters. The first-order valence-electron chi connectivity index (χ1n) is 8.38. The highest BCUT2D eigenvalue weighted by Gasteiger charge is 2.31. The molecule has 1 aliphatic rings. The molecule has 1 aromatic heterocycles. The van der Waals surface area contributed by atoms with E-state index >= 15 is 0 Å². The third-order valence-electron chi connectivity index (χ3n) is 4.15. The fourth-order valence-corrected chi connectivity index (χ4v) is 3.95. The molecule has 0 spiro atoms.